The molecule has 0 spiro atoms. The molecular weight excluding hydrogens is 762 g/mol. The number of allylic oxidation sites excluding steroid dienone is 4. The predicted molar refractivity (Wildman–Crippen MR) is 247 cm³/mol. The first-order valence-electron chi connectivity index (χ1n) is 24.8. The summed E-state index contributed by atoms with van der Waals surface area (Å²) in [6, 6.07) is 0. The highest BCUT2D eigenvalue weighted by molar-refractivity contribution is 7.47. The standard InChI is InChI=1S/C49H94NO8P/c1-3-5-7-9-11-13-15-17-19-21-22-23-24-26-27-29-31-33-35-37-39-41-48(51)55-45-47(46-57-59(53,54)56-44-43-50)58-49(52)42-40-38-36-34-32-30-28-25-20-18-16-14-12-10-8-6-4-2/h17-20,47H,3-16,21-46,50H2,1-2H3,(H,53,54)/b19-17-,20-18-/t47-/m1/s1. The molecule has 3 N–H and O–H groups in total. The smallest absolute Gasteiger partial charge is 0.462 e. The Kier molecular flexibility index (Phi) is 44.8. The van der Waals surface area contributed by atoms with Crippen molar-refractivity contribution in [1.29, 1.82) is 0 Å². The molecule has 2 atom stereocenters. The molecule has 0 rings (SSSR count). The Morgan fingerprint density at radius 3 is 1.20 bits per heavy atom. The van der Waals surface area contributed by atoms with Crippen molar-refractivity contribution in [3.8, 4) is 0 Å². The van der Waals surface area contributed by atoms with Crippen molar-refractivity contribution in [3.05, 3.63) is 24.3 Å². The van der Waals surface area contributed by atoms with Gasteiger partial charge in [0.2, 0.25) is 0 Å². The van der Waals surface area contributed by atoms with Gasteiger partial charge >= 0.3 is 19.8 Å². The van der Waals surface area contributed by atoms with Gasteiger partial charge in [-0.25, -0.2) is 4.57 Å². The fraction of sp³-hybridized carbons (Fsp3) is 0.878. The SMILES string of the molecule is CCCCCCCC/C=C\CCCCCCCCCCCCCC(=O)OC[C@H](COP(=O)(O)OCCN)OC(=O)CCCCCCCCC/C=C\CCCCCCCC. The molecule has 59 heavy (non-hydrogen) atoms. The van der Waals surface area contributed by atoms with E-state index < -0.39 is 26.5 Å². The van der Waals surface area contributed by atoms with Gasteiger partial charge in [-0.3, -0.25) is 18.6 Å². The maximum Gasteiger partial charge on any atom is 0.472 e. The van der Waals surface area contributed by atoms with Gasteiger partial charge in [0.05, 0.1) is 13.2 Å². The van der Waals surface area contributed by atoms with Gasteiger partial charge < -0.3 is 20.1 Å². The molecule has 0 aliphatic heterocycles. The summed E-state index contributed by atoms with van der Waals surface area (Å²) in [6.45, 7) is 3.76. The summed E-state index contributed by atoms with van der Waals surface area (Å²) >= 11 is 0. The van der Waals surface area contributed by atoms with Crippen molar-refractivity contribution in [2.45, 2.75) is 251 Å². The van der Waals surface area contributed by atoms with E-state index in [1.807, 2.05) is 0 Å². The normalized spacial score (nSPS) is 13.4. The molecule has 10 heteroatoms. The molecule has 348 valence electrons. The van der Waals surface area contributed by atoms with Crippen LogP contribution in [0.25, 0.3) is 0 Å². The van der Waals surface area contributed by atoms with Crippen LogP contribution >= 0.6 is 7.82 Å². The quantitative estimate of drug-likeness (QED) is 0.0265. The molecule has 0 aliphatic carbocycles. The van der Waals surface area contributed by atoms with Gasteiger partial charge in [-0.2, -0.15) is 0 Å². The molecule has 0 aromatic rings. The summed E-state index contributed by atoms with van der Waals surface area (Å²) < 4.78 is 32.9. The van der Waals surface area contributed by atoms with Crippen LogP contribution in [0.15, 0.2) is 24.3 Å². The number of carbonyl (C=O) groups excluding carboxylic acids is 2. The minimum Gasteiger partial charge on any atom is -0.462 e. The van der Waals surface area contributed by atoms with E-state index in [2.05, 4.69) is 38.2 Å². The van der Waals surface area contributed by atoms with Gasteiger partial charge in [0.1, 0.15) is 6.61 Å². The van der Waals surface area contributed by atoms with Gasteiger partial charge in [-0.1, -0.05) is 192 Å². The Hall–Kier alpha value is -1.51. The predicted octanol–water partition coefficient (Wildman–Crippen LogP) is 14.7. The second-order valence-electron chi connectivity index (χ2n) is 16.7. The Bertz CT molecular complexity index is 1020. The first-order chi connectivity index (χ1) is 28.8. The fourth-order valence-corrected chi connectivity index (χ4v) is 7.86. The number of nitrogens with two attached hydrogens (primary N) is 1. The number of rotatable bonds is 47. The first kappa shape index (κ1) is 57.5. The minimum atomic E-state index is -4.38. The summed E-state index contributed by atoms with van der Waals surface area (Å²) in [7, 11) is -4.38. The van der Waals surface area contributed by atoms with E-state index in [0.717, 1.165) is 44.9 Å². The van der Waals surface area contributed by atoms with Crippen LogP contribution in [0.2, 0.25) is 0 Å². The molecule has 0 saturated heterocycles. The van der Waals surface area contributed by atoms with E-state index in [1.165, 1.54) is 167 Å². The average Bonchev–Trinajstić information content (AvgIpc) is 3.22. The second kappa shape index (κ2) is 46.0. The molecule has 0 radical (unpaired) electrons. The largest absolute Gasteiger partial charge is 0.472 e. The number of ether oxygens (including phenoxy) is 2. The zero-order valence-corrected chi connectivity index (χ0v) is 39.4. The first-order valence-corrected chi connectivity index (χ1v) is 26.3. The topological polar surface area (TPSA) is 134 Å². The van der Waals surface area contributed by atoms with Crippen molar-refractivity contribution in [3.63, 3.8) is 0 Å². The molecule has 0 fully saturated rings. The summed E-state index contributed by atoms with van der Waals surface area (Å²) in [6.07, 6.45) is 50.7. The van der Waals surface area contributed by atoms with Crippen LogP contribution in [-0.2, 0) is 32.7 Å². The molecule has 0 amide bonds. The highest BCUT2D eigenvalue weighted by atomic mass is 31.2. The molecule has 0 bridgehead atoms. The highest BCUT2D eigenvalue weighted by Crippen LogP contribution is 2.43. The summed E-state index contributed by atoms with van der Waals surface area (Å²) in [4.78, 5) is 35.0. The number of hydrogen-bond acceptors (Lipinski definition) is 8. The van der Waals surface area contributed by atoms with Crippen molar-refractivity contribution in [2.75, 3.05) is 26.4 Å². The van der Waals surface area contributed by atoms with Gasteiger partial charge in [0.25, 0.3) is 0 Å². The third-order valence-electron chi connectivity index (χ3n) is 10.8. The summed E-state index contributed by atoms with van der Waals surface area (Å²) in [5, 5.41) is 0. The lowest BCUT2D eigenvalue weighted by Gasteiger charge is -2.19. The lowest BCUT2D eigenvalue weighted by Crippen LogP contribution is -2.29. The van der Waals surface area contributed by atoms with Gasteiger partial charge in [0, 0.05) is 19.4 Å². The van der Waals surface area contributed by atoms with E-state index in [4.69, 9.17) is 24.3 Å². The Morgan fingerprint density at radius 1 is 0.492 bits per heavy atom. The number of unbranched alkanes of at least 4 members (excludes halogenated alkanes) is 30. The van der Waals surface area contributed by atoms with Crippen LogP contribution < -0.4 is 5.73 Å². The molecule has 0 saturated carbocycles. The number of phosphoric acid groups is 1. The van der Waals surface area contributed by atoms with E-state index in [9.17, 15) is 19.0 Å². The minimum absolute atomic E-state index is 0.0541. The van der Waals surface area contributed by atoms with Crippen molar-refractivity contribution in [1.82, 2.24) is 0 Å². The summed E-state index contributed by atoms with van der Waals surface area (Å²) in [5.41, 5.74) is 5.36. The zero-order chi connectivity index (χ0) is 43.2. The van der Waals surface area contributed by atoms with Gasteiger partial charge in [0.15, 0.2) is 6.10 Å². The molecule has 9 nitrogen and oxygen atoms in total. The maximum absolute atomic E-state index is 12.6. The van der Waals surface area contributed by atoms with E-state index in [0.29, 0.717) is 6.42 Å². The Balaban J connectivity index is 4.04. The van der Waals surface area contributed by atoms with Crippen LogP contribution in [0.1, 0.15) is 245 Å². The Labute approximate surface area is 363 Å². The van der Waals surface area contributed by atoms with E-state index in [-0.39, 0.29) is 38.6 Å². The fourth-order valence-electron chi connectivity index (χ4n) is 7.10. The molecule has 0 aromatic carbocycles. The highest BCUT2D eigenvalue weighted by Gasteiger charge is 2.26. The molecule has 0 heterocycles. The monoisotopic (exact) mass is 856 g/mol. The van der Waals surface area contributed by atoms with E-state index in [1.54, 1.807) is 0 Å². The molecule has 0 aromatic heterocycles. The summed E-state index contributed by atoms with van der Waals surface area (Å²) in [5.74, 6) is -0.824. The number of phosphoric ester groups is 1. The van der Waals surface area contributed by atoms with Crippen LogP contribution in [0, 0.1) is 0 Å². The second-order valence-corrected chi connectivity index (χ2v) is 18.1. The molecule has 1 unspecified atom stereocenters. The van der Waals surface area contributed by atoms with Crippen molar-refractivity contribution in [2.24, 2.45) is 5.73 Å². The third-order valence-corrected chi connectivity index (χ3v) is 11.8. The van der Waals surface area contributed by atoms with Gasteiger partial charge in [-0.15, -0.1) is 0 Å². The average molecular weight is 856 g/mol. The lowest BCUT2D eigenvalue weighted by atomic mass is 10.0. The number of hydrogen-bond donors (Lipinski definition) is 2. The third kappa shape index (κ3) is 45.8. The maximum atomic E-state index is 12.6. The van der Waals surface area contributed by atoms with E-state index >= 15 is 0 Å². The van der Waals surface area contributed by atoms with Crippen LogP contribution in [0.4, 0.5) is 0 Å². The number of esters is 2. The molecular formula is C49H94NO8P. The van der Waals surface area contributed by atoms with Crippen LogP contribution in [0.3, 0.4) is 0 Å². The lowest BCUT2D eigenvalue weighted by molar-refractivity contribution is -0.161. The Morgan fingerprint density at radius 2 is 0.831 bits per heavy atom. The number of carbonyl (C=O) groups is 2. The van der Waals surface area contributed by atoms with Crippen molar-refractivity contribution >= 4 is 19.8 Å². The van der Waals surface area contributed by atoms with Crippen LogP contribution in [0.5, 0.6) is 0 Å². The molecule has 0 aliphatic rings. The van der Waals surface area contributed by atoms with Crippen LogP contribution in [-0.4, -0.2) is 49.3 Å². The van der Waals surface area contributed by atoms with Gasteiger partial charge in [-0.05, 0) is 64.2 Å². The zero-order valence-electron chi connectivity index (χ0n) is 38.5. The van der Waals surface area contributed by atoms with Crippen molar-refractivity contribution < 1.29 is 37.6 Å².